The zero-order valence-electron chi connectivity index (χ0n) is 15.3. The summed E-state index contributed by atoms with van der Waals surface area (Å²) in [6.45, 7) is 4.10. The summed E-state index contributed by atoms with van der Waals surface area (Å²) in [6, 6.07) is 8.92. The molecule has 1 aliphatic rings. The van der Waals surface area contributed by atoms with Crippen LogP contribution in [0.4, 0.5) is 0 Å². The lowest BCUT2D eigenvalue weighted by Crippen LogP contribution is -2.47. The molecule has 3 rings (SSSR count). The number of benzene rings is 1. The van der Waals surface area contributed by atoms with Gasteiger partial charge in [-0.2, -0.15) is 0 Å². The van der Waals surface area contributed by atoms with Gasteiger partial charge in [0, 0.05) is 19.1 Å². The van der Waals surface area contributed by atoms with Crippen LogP contribution in [0.5, 0.6) is 5.75 Å². The third kappa shape index (κ3) is 4.67. The summed E-state index contributed by atoms with van der Waals surface area (Å²) in [7, 11) is -3.70. The van der Waals surface area contributed by atoms with E-state index in [4.69, 9.17) is 9.26 Å². The fourth-order valence-corrected chi connectivity index (χ4v) is 4.77. The first-order valence-corrected chi connectivity index (χ1v) is 10.3. The number of hydrogen-bond donors (Lipinski definition) is 1. The smallest absolute Gasteiger partial charge is 0.260 e. The number of nitrogens with one attached hydrogen (secondary N) is 1. The zero-order valence-corrected chi connectivity index (χ0v) is 16.2. The second-order valence-corrected chi connectivity index (χ2v) is 8.18. The summed E-state index contributed by atoms with van der Waals surface area (Å²) in [5.74, 6) is 0.810. The van der Waals surface area contributed by atoms with E-state index in [1.54, 1.807) is 30.9 Å². The van der Waals surface area contributed by atoms with Crippen molar-refractivity contribution in [3.05, 3.63) is 41.8 Å². The molecule has 2 aromatic rings. The van der Waals surface area contributed by atoms with E-state index in [9.17, 15) is 13.2 Å². The Kier molecular flexibility index (Phi) is 5.81. The van der Waals surface area contributed by atoms with Crippen LogP contribution < -0.4 is 9.46 Å². The Morgan fingerprint density at radius 1 is 1.26 bits per heavy atom. The molecule has 8 nitrogen and oxygen atoms in total. The van der Waals surface area contributed by atoms with Crippen molar-refractivity contribution in [1.82, 2.24) is 14.8 Å². The molecule has 0 unspecified atom stereocenters. The van der Waals surface area contributed by atoms with Crippen molar-refractivity contribution >= 4 is 15.9 Å². The molecule has 1 aliphatic heterocycles. The van der Waals surface area contributed by atoms with Crippen molar-refractivity contribution < 1.29 is 22.5 Å². The maximum absolute atomic E-state index is 12.6. The molecule has 27 heavy (non-hydrogen) atoms. The summed E-state index contributed by atoms with van der Waals surface area (Å²) in [5.41, 5.74) is 0.339. The first-order chi connectivity index (χ1) is 12.9. The van der Waals surface area contributed by atoms with Crippen molar-refractivity contribution in [2.24, 2.45) is 0 Å². The van der Waals surface area contributed by atoms with Gasteiger partial charge < -0.3 is 14.2 Å². The van der Waals surface area contributed by atoms with E-state index in [1.807, 2.05) is 18.2 Å². The molecule has 146 valence electrons. The number of likely N-dealkylation sites (tertiary alicyclic amines) is 1. The standard InChI is InChI=1S/C18H23N3O5S/c1-13-18(14(2)26-19-13)27(23,24)20-15-8-10-21(11-9-15)17(22)12-25-16-6-4-3-5-7-16/h3-7,15,20H,8-12H2,1-2H3. The molecule has 1 saturated heterocycles. The monoisotopic (exact) mass is 393 g/mol. The second kappa shape index (κ2) is 8.10. The van der Waals surface area contributed by atoms with E-state index in [1.165, 1.54) is 0 Å². The number of para-hydroxylation sites is 1. The van der Waals surface area contributed by atoms with E-state index in [2.05, 4.69) is 9.88 Å². The third-order valence-corrected chi connectivity index (χ3v) is 6.28. The van der Waals surface area contributed by atoms with Crippen LogP contribution in [-0.4, -0.2) is 50.1 Å². The van der Waals surface area contributed by atoms with Gasteiger partial charge in [-0.25, -0.2) is 13.1 Å². The number of carbonyl (C=O) groups is 1. The molecular formula is C18H23N3O5S. The Balaban J connectivity index is 1.51. The number of carbonyl (C=O) groups excluding carboxylic acids is 1. The van der Waals surface area contributed by atoms with Crippen molar-refractivity contribution in [1.29, 1.82) is 0 Å². The Morgan fingerprint density at radius 2 is 1.93 bits per heavy atom. The third-order valence-electron chi connectivity index (χ3n) is 4.51. The first-order valence-electron chi connectivity index (χ1n) is 8.77. The Hall–Kier alpha value is -2.39. The Labute approximate surface area is 158 Å². The van der Waals surface area contributed by atoms with Crippen molar-refractivity contribution in [2.45, 2.75) is 37.6 Å². The van der Waals surface area contributed by atoms with Crippen LogP contribution in [0.25, 0.3) is 0 Å². The molecule has 0 saturated carbocycles. The fourth-order valence-electron chi connectivity index (χ4n) is 3.14. The number of sulfonamides is 1. The van der Waals surface area contributed by atoms with Gasteiger partial charge >= 0.3 is 0 Å². The quantitative estimate of drug-likeness (QED) is 0.801. The number of rotatable bonds is 6. The van der Waals surface area contributed by atoms with Gasteiger partial charge in [-0.3, -0.25) is 4.79 Å². The largest absolute Gasteiger partial charge is 0.484 e. The molecule has 0 aliphatic carbocycles. The van der Waals surface area contributed by atoms with Crippen LogP contribution in [0.2, 0.25) is 0 Å². The van der Waals surface area contributed by atoms with Gasteiger partial charge in [-0.1, -0.05) is 23.4 Å². The highest BCUT2D eigenvalue weighted by Crippen LogP contribution is 2.21. The van der Waals surface area contributed by atoms with Crippen molar-refractivity contribution in [3.63, 3.8) is 0 Å². The highest BCUT2D eigenvalue weighted by atomic mass is 32.2. The zero-order chi connectivity index (χ0) is 19.4. The van der Waals surface area contributed by atoms with Gasteiger partial charge in [0.2, 0.25) is 10.0 Å². The fraction of sp³-hybridized carbons (Fsp3) is 0.444. The topological polar surface area (TPSA) is 102 Å². The predicted molar refractivity (Wildman–Crippen MR) is 97.8 cm³/mol. The summed E-state index contributed by atoms with van der Waals surface area (Å²) < 4.78 is 38.3. The molecule has 1 fully saturated rings. The SMILES string of the molecule is Cc1noc(C)c1S(=O)(=O)NC1CCN(C(=O)COc2ccccc2)CC1. The summed E-state index contributed by atoms with van der Waals surface area (Å²) >= 11 is 0. The molecule has 0 bridgehead atoms. The summed E-state index contributed by atoms with van der Waals surface area (Å²) in [5, 5.41) is 3.70. The molecule has 1 aromatic heterocycles. The minimum absolute atomic E-state index is 0.0283. The highest BCUT2D eigenvalue weighted by molar-refractivity contribution is 7.89. The number of hydrogen-bond acceptors (Lipinski definition) is 6. The lowest BCUT2D eigenvalue weighted by atomic mass is 10.1. The van der Waals surface area contributed by atoms with Crippen molar-refractivity contribution in [3.8, 4) is 5.75 Å². The van der Waals surface area contributed by atoms with Gasteiger partial charge in [0.15, 0.2) is 12.4 Å². The van der Waals surface area contributed by atoms with Crippen LogP contribution in [-0.2, 0) is 14.8 Å². The molecule has 1 amide bonds. The van der Waals surface area contributed by atoms with E-state index in [0.29, 0.717) is 37.4 Å². The number of nitrogens with zero attached hydrogens (tertiary/aromatic N) is 2. The van der Waals surface area contributed by atoms with Gasteiger partial charge in [0.1, 0.15) is 16.3 Å². The van der Waals surface area contributed by atoms with Crippen LogP contribution in [0.15, 0.2) is 39.8 Å². The molecule has 0 radical (unpaired) electrons. The van der Waals surface area contributed by atoms with Crippen LogP contribution in [0.3, 0.4) is 0 Å². The maximum Gasteiger partial charge on any atom is 0.260 e. The lowest BCUT2D eigenvalue weighted by molar-refractivity contribution is -0.134. The second-order valence-electron chi connectivity index (χ2n) is 6.53. The Bertz CT molecular complexity index is 867. The first kappa shape index (κ1) is 19.4. The average Bonchev–Trinajstić information content (AvgIpc) is 3.00. The van der Waals surface area contributed by atoms with Crippen LogP contribution in [0.1, 0.15) is 24.3 Å². The van der Waals surface area contributed by atoms with Gasteiger partial charge in [-0.05, 0) is 38.8 Å². The molecule has 1 N–H and O–H groups in total. The molecule has 2 heterocycles. The van der Waals surface area contributed by atoms with Crippen LogP contribution >= 0.6 is 0 Å². The molecule has 1 aromatic carbocycles. The Morgan fingerprint density at radius 3 is 2.52 bits per heavy atom. The van der Waals surface area contributed by atoms with E-state index < -0.39 is 10.0 Å². The highest BCUT2D eigenvalue weighted by Gasteiger charge is 2.30. The molecule has 0 atom stereocenters. The number of aryl methyl sites for hydroxylation is 2. The van der Waals surface area contributed by atoms with Crippen LogP contribution in [0, 0.1) is 13.8 Å². The lowest BCUT2D eigenvalue weighted by Gasteiger charge is -2.32. The number of amides is 1. The minimum atomic E-state index is -3.70. The normalized spacial score (nSPS) is 15.7. The van der Waals surface area contributed by atoms with Gasteiger partial charge in [0.05, 0.1) is 0 Å². The minimum Gasteiger partial charge on any atom is -0.484 e. The van der Waals surface area contributed by atoms with Gasteiger partial charge in [-0.15, -0.1) is 0 Å². The molecule has 0 spiro atoms. The molecule has 9 heteroatoms. The predicted octanol–water partition coefficient (Wildman–Crippen LogP) is 1.64. The van der Waals surface area contributed by atoms with E-state index in [0.717, 1.165) is 0 Å². The number of ether oxygens (including phenoxy) is 1. The van der Waals surface area contributed by atoms with Crippen molar-refractivity contribution in [2.75, 3.05) is 19.7 Å². The van der Waals surface area contributed by atoms with Gasteiger partial charge in [0.25, 0.3) is 5.91 Å². The number of aromatic nitrogens is 1. The summed E-state index contributed by atoms with van der Waals surface area (Å²) in [6.07, 6.45) is 1.08. The molecular weight excluding hydrogens is 370 g/mol. The average molecular weight is 393 g/mol. The van der Waals surface area contributed by atoms with E-state index >= 15 is 0 Å². The van der Waals surface area contributed by atoms with E-state index in [-0.39, 0.29) is 29.2 Å². The maximum atomic E-state index is 12.6. The number of piperidine rings is 1. The summed E-state index contributed by atoms with van der Waals surface area (Å²) in [4.78, 5) is 14.1.